The first-order valence-corrected chi connectivity index (χ1v) is 7.04. The number of carbonyl (C=O) groups excluding carboxylic acids is 2. The molecule has 4 atom stereocenters. The molecule has 1 heterocycles. The molecular weight excluding hydrogens is 282 g/mol. The largest absolute Gasteiger partial charge is 0.367 e. The lowest BCUT2D eigenvalue weighted by atomic mass is 9.95. The molecular formula is C13H24ClN3O3. The molecule has 1 saturated heterocycles. The Hall–Kier alpha value is -0.850. The second-order valence-electron chi connectivity index (χ2n) is 5.50. The van der Waals surface area contributed by atoms with E-state index < -0.39 is 12.0 Å². The molecule has 2 amide bonds. The summed E-state index contributed by atoms with van der Waals surface area (Å²) in [4.78, 5) is 23.0. The van der Waals surface area contributed by atoms with Crippen molar-refractivity contribution in [1.82, 2.24) is 5.32 Å². The highest BCUT2D eigenvalue weighted by atomic mass is 35.5. The topological polar surface area (TPSA) is 107 Å². The van der Waals surface area contributed by atoms with Gasteiger partial charge < -0.3 is 21.5 Å². The highest BCUT2D eigenvalue weighted by Crippen LogP contribution is 2.31. The van der Waals surface area contributed by atoms with Crippen molar-refractivity contribution in [3.05, 3.63) is 0 Å². The zero-order valence-corrected chi connectivity index (χ0v) is 12.4. The molecule has 2 rings (SSSR count). The van der Waals surface area contributed by atoms with Crippen LogP contribution in [0.4, 0.5) is 0 Å². The lowest BCUT2D eigenvalue weighted by molar-refractivity contribution is -0.129. The van der Waals surface area contributed by atoms with E-state index in [2.05, 4.69) is 5.32 Å². The number of hydrogen-bond donors (Lipinski definition) is 3. The third-order valence-corrected chi connectivity index (χ3v) is 4.23. The number of hydrogen-bond acceptors (Lipinski definition) is 4. The van der Waals surface area contributed by atoms with Crippen molar-refractivity contribution in [2.75, 3.05) is 13.1 Å². The van der Waals surface area contributed by atoms with Gasteiger partial charge in [0.05, 0.1) is 6.10 Å². The molecule has 0 spiro atoms. The first kappa shape index (κ1) is 17.2. The third kappa shape index (κ3) is 4.07. The smallest absolute Gasteiger partial charge is 0.246 e. The summed E-state index contributed by atoms with van der Waals surface area (Å²) in [6.45, 7) is 1.03. The molecule has 0 aromatic carbocycles. The maximum absolute atomic E-state index is 12.1. The van der Waals surface area contributed by atoms with Gasteiger partial charge in [-0.15, -0.1) is 12.4 Å². The van der Waals surface area contributed by atoms with Crippen LogP contribution in [0.5, 0.6) is 0 Å². The van der Waals surface area contributed by atoms with Crippen LogP contribution in [0.2, 0.25) is 0 Å². The van der Waals surface area contributed by atoms with Crippen LogP contribution in [-0.2, 0) is 14.3 Å². The second-order valence-corrected chi connectivity index (χ2v) is 5.50. The van der Waals surface area contributed by atoms with Crippen LogP contribution in [0.25, 0.3) is 0 Å². The zero-order valence-electron chi connectivity index (χ0n) is 11.5. The molecule has 6 nitrogen and oxygen atoms in total. The van der Waals surface area contributed by atoms with Crippen molar-refractivity contribution >= 4 is 24.2 Å². The molecule has 2 aliphatic rings. The molecule has 2 fully saturated rings. The van der Waals surface area contributed by atoms with Crippen LogP contribution >= 0.6 is 12.4 Å². The maximum Gasteiger partial charge on any atom is 0.246 e. The molecule has 0 radical (unpaired) electrons. The van der Waals surface area contributed by atoms with E-state index in [0.717, 1.165) is 25.7 Å². The van der Waals surface area contributed by atoms with E-state index >= 15 is 0 Å². The number of rotatable bonds is 5. The number of primary amides is 1. The monoisotopic (exact) mass is 305 g/mol. The predicted molar refractivity (Wildman–Crippen MR) is 77.2 cm³/mol. The van der Waals surface area contributed by atoms with Gasteiger partial charge in [0, 0.05) is 12.5 Å². The van der Waals surface area contributed by atoms with E-state index in [1.54, 1.807) is 0 Å². The Bertz CT molecular complexity index is 354. The molecule has 7 heteroatoms. The minimum absolute atomic E-state index is 0. The van der Waals surface area contributed by atoms with Gasteiger partial charge in [0.15, 0.2) is 0 Å². The predicted octanol–water partition coefficient (Wildman–Crippen LogP) is -0.0677. The number of amides is 2. The molecule has 0 aromatic rings. The number of carbonyl (C=O) groups is 2. The fourth-order valence-corrected chi connectivity index (χ4v) is 3.07. The molecule has 20 heavy (non-hydrogen) atoms. The third-order valence-electron chi connectivity index (χ3n) is 4.23. The summed E-state index contributed by atoms with van der Waals surface area (Å²) in [5.41, 5.74) is 10.9. The normalized spacial score (nSPS) is 32.6. The average molecular weight is 306 g/mol. The Balaban J connectivity index is 0.00000200. The summed E-state index contributed by atoms with van der Waals surface area (Å²) in [7, 11) is 0. The summed E-state index contributed by atoms with van der Waals surface area (Å²) in [5, 5.41) is 2.92. The van der Waals surface area contributed by atoms with Gasteiger partial charge in [-0.1, -0.05) is 6.42 Å². The Kier molecular flexibility index (Phi) is 6.71. The second kappa shape index (κ2) is 7.81. The summed E-state index contributed by atoms with van der Waals surface area (Å²) in [6.07, 6.45) is 3.85. The van der Waals surface area contributed by atoms with E-state index in [9.17, 15) is 9.59 Å². The van der Waals surface area contributed by atoms with Crippen LogP contribution in [0, 0.1) is 11.8 Å². The Labute approximate surface area is 125 Å². The summed E-state index contributed by atoms with van der Waals surface area (Å²) < 4.78 is 5.48. The number of nitrogens with one attached hydrogen (secondary N) is 1. The van der Waals surface area contributed by atoms with Crippen LogP contribution in [0.3, 0.4) is 0 Å². The SMILES string of the molecule is Cl.NC[C@H]1CCC[C@H]1C(=O)NCC1CCC(C(N)=O)O1. The van der Waals surface area contributed by atoms with E-state index in [-0.39, 0.29) is 30.3 Å². The number of nitrogens with two attached hydrogens (primary N) is 2. The van der Waals surface area contributed by atoms with Crippen LogP contribution in [0.15, 0.2) is 0 Å². The van der Waals surface area contributed by atoms with Crippen LogP contribution < -0.4 is 16.8 Å². The van der Waals surface area contributed by atoms with E-state index in [0.29, 0.717) is 25.4 Å². The zero-order chi connectivity index (χ0) is 13.8. The lowest BCUT2D eigenvalue weighted by Gasteiger charge is -2.19. The number of ether oxygens (including phenoxy) is 1. The van der Waals surface area contributed by atoms with Gasteiger partial charge in [-0.2, -0.15) is 0 Å². The first-order chi connectivity index (χ1) is 9.11. The highest BCUT2D eigenvalue weighted by Gasteiger charge is 2.33. The fraction of sp³-hybridized carbons (Fsp3) is 0.846. The standard InChI is InChI=1S/C13H23N3O3.ClH/c14-6-8-2-1-3-10(8)13(18)16-7-9-4-5-11(19-9)12(15)17;/h8-11H,1-7,14H2,(H2,15,17)(H,16,18);1H/t8-,9?,10-,11?;/m1./s1. The molecule has 1 aliphatic heterocycles. The molecule has 0 bridgehead atoms. The Morgan fingerprint density at radius 3 is 2.55 bits per heavy atom. The quantitative estimate of drug-likeness (QED) is 0.661. The molecule has 0 aromatic heterocycles. The van der Waals surface area contributed by atoms with Gasteiger partial charge in [0.25, 0.3) is 0 Å². The summed E-state index contributed by atoms with van der Waals surface area (Å²) in [6, 6.07) is 0. The molecule has 1 aliphatic carbocycles. The van der Waals surface area contributed by atoms with Crippen LogP contribution in [-0.4, -0.2) is 37.1 Å². The van der Waals surface area contributed by atoms with E-state index in [1.165, 1.54) is 0 Å². The Morgan fingerprint density at radius 1 is 1.20 bits per heavy atom. The Morgan fingerprint density at radius 2 is 1.95 bits per heavy atom. The molecule has 5 N–H and O–H groups in total. The fourth-order valence-electron chi connectivity index (χ4n) is 3.07. The maximum atomic E-state index is 12.1. The van der Waals surface area contributed by atoms with Crippen molar-refractivity contribution in [2.24, 2.45) is 23.3 Å². The van der Waals surface area contributed by atoms with Crippen molar-refractivity contribution in [3.63, 3.8) is 0 Å². The van der Waals surface area contributed by atoms with Crippen molar-refractivity contribution < 1.29 is 14.3 Å². The van der Waals surface area contributed by atoms with E-state index in [1.807, 2.05) is 0 Å². The van der Waals surface area contributed by atoms with Crippen molar-refractivity contribution in [1.29, 1.82) is 0 Å². The summed E-state index contributed by atoms with van der Waals surface area (Å²) in [5.74, 6) is -0.00639. The number of halogens is 1. The van der Waals surface area contributed by atoms with Gasteiger partial charge in [0.1, 0.15) is 6.10 Å². The first-order valence-electron chi connectivity index (χ1n) is 7.04. The van der Waals surface area contributed by atoms with Crippen molar-refractivity contribution in [3.8, 4) is 0 Å². The highest BCUT2D eigenvalue weighted by molar-refractivity contribution is 5.85. The van der Waals surface area contributed by atoms with Gasteiger partial charge in [-0.05, 0) is 38.1 Å². The lowest BCUT2D eigenvalue weighted by Crippen LogP contribution is -2.39. The van der Waals surface area contributed by atoms with Gasteiger partial charge in [0.2, 0.25) is 11.8 Å². The van der Waals surface area contributed by atoms with Gasteiger partial charge in [-0.25, -0.2) is 0 Å². The minimum Gasteiger partial charge on any atom is -0.367 e. The van der Waals surface area contributed by atoms with Crippen molar-refractivity contribution in [2.45, 2.75) is 44.3 Å². The molecule has 1 saturated carbocycles. The average Bonchev–Trinajstić information content (AvgIpc) is 3.04. The minimum atomic E-state index is -0.495. The van der Waals surface area contributed by atoms with E-state index in [4.69, 9.17) is 16.2 Å². The molecule has 2 unspecified atom stereocenters. The summed E-state index contributed by atoms with van der Waals surface area (Å²) >= 11 is 0. The van der Waals surface area contributed by atoms with Crippen LogP contribution in [0.1, 0.15) is 32.1 Å². The van der Waals surface area contributed by atoms with Gasteiger partial charge in [-0.3, -0.25) is 9.59 Å². The molecule has 116 valence electrons. The van der Waals surface area contributed by atoms with Gasteiger partial charge >= 0.3 is 0 Å².